The summed E-state index contributed by atoms with van der Waals surface area (Å²) in [5.41, 5.74) is 0.392. The van der Waals surface area contributed by atoms with E-state index in [-0.39, 0.29) is 12.1 Å². The number of hydrogen-bond donors (Lipinski definition) is 0. The third-order valence-electron chi connectivity index (χ3n) is 3.66. The average molecular weight is 288 g/mol. The quantitative estimate of drug-likeness (QED) is 0.627. The predicted octanol–water partition coefficient (Wildman–Crippen LogP) is 2.44. The molecule has 2 aromatic rings. The molecule has 1 aromatic carbocycles. The van der Waals surface area contributed by atoms with Gasteiger partial charge in [0.05, 0.1) is 0 Å². The second-order valence-electron chi connectivity index (χ2n) is 5.76. The SMILES string of the molecule is CC(=O)OC(C)(C)C1Cc2cc3ccc(=O)oc3cc2O1. The molecule has 0 radical (unpaired) electrons. The molecule has 1 aliphatic heterocycles. The van der Waals surface area contributed by atoms with E-state index in [1.54, 1.807) is 12.1 Å². The molecule has 3 rings (SSSR count). The van der Waals surface area contributed by atoms with Crippen LogP contribution in [-0.4, -0.2) is 17.7 Å². The Morgan fingerprint density at radius 1 is 1.33 bits per heavy atom. The standard InChI is InChI=1S/C16H16O5/c1-9(17)21-16(2,3)14-7-11-6-10-4-5-15(18)20-12(10)8-13(11)19-14/h4-6,8,14H,7H2,1-3H3. The molecule has 0 fully saturated rings. The van der Waals surface area contributed by atoms with E-state index in [0.29, 0.717) is 17.8 Å². The highest BCUT2D eigenvalue weighted by atomic mass is 16.6. The summed E-state index contributed by atoms with van der Waals surface area (Å²) in [6, 6.07) is 6.78. The molecule has 0 amide bonds. The summed E-state index contributed by atoms with van der Waals surface area (Å²) in [6.45, 7) is 5.03. The van der Waals surface area contributed by atoms with Gasteiger partial charge in [-0.1, -0.05) is 0 Å². The lowest BCUT2D eigenvalue weighted by Crippen LogP contribution is -2.43. The first-order valence-corrected chi connectivity index (χ1v) is 6.78. The van der Waals surface area contributed by atoms with Crippen LogP contribution in [0.3, 0.4) is 0 Å². The van der Waals surface area contributed by atoms with Gasteiger partial charge in [0.15, 0.2) is 0 Å². The van der Waals surface area contributed by atoms with Crippen molar-refractivity contribution in [2.45, 2.75) is 38.9 Å². The number of fused-ring (bicyclic) bond motifs is 2. The molecule has 0 bridgehead atoms. The lowest BCUT2D eigenvalue weighted by atomic mass is 9.96. The Morgan fingerprint density at radius 2 is 2.10 bits per heavy atom. The zero-order valence-electron chi connectivity index (χ0n) is 12.1. The summed E-state index contributed by atoms with van der Waals surface area (Å²) in [7, 11) is 0. The molecule has 0 aliphatic carbocycles. The topological polar surface area (TPSA) is 65.7 Å². The maximum atomic E-state index is 11.3. The fraction of sp³-hybridized carbons (Fsp3) is 0.375. The Balaban J connectivity index is 1.95. The van der Waals surface area contributed by atoms with E-state index in [1.165, 1.54) is 13.0 Å². The van der Waals surface area contributed by atoms with Gasteiger partial charge < -0.3 is 13.9 Å². The van der Waals surface area contributed by atoms with Gasteiger partial charge in [-0.3, -0.25) is 4.79 Å². The Labute approximate surface area is 121 Å². The van der Waals surface area contributed by atoms with Gasteiger partial charge in [-0.2, -0.15) is 0 Å². The Morgan fingerprint density at radius 3 is 2.81 bits per heavy atom. The van der Waals surface area contributed by atoms with Crippen LogP contribution >= 0.6 is 0 Å². The summed E-state index contributed by atoms with van der Waals surface area (Å²) in [4.78, 5) is 22.5. The fourth-order valence-electron chi connectivity index (χ4n) is 2.63. The highest BCUT2D eigenvalue weighted by Crippen LogP contribution is 2.37. The molecule has 0 spiro atoms. The van der Waals surface area contributed by atoms with Crippen LogP contribution in [-0.2, 0) is 16.0 Å². The molecule has 1 atom stereocenters. The summed E-state index contributed by atoms with van der Waals surface area (Å²) in [5, 5.41) is 0.850. The van der Waals surface area contributed by atoms with E-state index in [4.69, 9.17) is 13.9 Å². The molecular weight excluding hydrogens is 272 g/mol. The van der Waals surface area contributed by atoms with Crippen molar-refractivity contribution in [1.29, 1.82) is 0 Å². The van der Waals surface area contributed by atoms with E-state index < -0.39 is 11.2 Å². The molecular formula is C16H16O5. The molecule has 0 N–H and O–H groups in total. The molecule has 0 saturated carbocycles. The largest absolute Gasteiger partial charge is 0.485 e. The van der Waals surface area contributed by atoms with Gasteiger partial charge in [-0.15, -0.1) is 0 Å². The van der Waals surface area contributed by atoms with Crippen molar-refractivity contribution < 1.29 is 18.7 Å². The van der Waals surface area contributed by atoms with E-state index in [2.05, 4.69) is 0 Å². The molecule has 2 heterocycles. The summed E-state index contributed by atoms with van der Waals surface area (Å²) in [5.74, 6) is 0.331. The zero-order valence-corrected chi connectivity index (χ0v) is 12.1. The van der Waals surface area contributed by atoms with Crippen molar-refractivity contribution in [3.8, 4) is 5.75 Å². The molecule has 0 saturated heterocycles. The summed E-state index contributed by atoms with van der Waals surface area (Å²) in [6.07, 6.45) is 0.380. The van der Waals surface area contributed by atoms with Gasteiger partial charge in [-0.25, -0.2) is 4.79 Å². The first kappa shape index (κ1) is 13.7. The molecule has 110 valence electrons. The molecule has 21 heavy (non-hydrogen) atoms. The summed E-state index contributed by atoms with van der Waals surface area (Å²) < 4.78 is 16.4. The van der Waals surface area contributed by atoms with Crippen LogP contribution < -0.4 is 10.4 Å². The normalized spacial score (nSPS) is 17.4. The number of ether oxygens (including phenoxy) is 2. The minimum atomic E-state index is -0.724. The van der Waals surface area contributed by atoms with Gasteiger partial charge in [0.1, 0.15) is 23.0 Å². The van der Waals surface area contributed by atoms with Crippen molar-refractivity contribution in [3.05, 3.63) is 40.2 Å². The van der Waals surface area contributed by atoms with Crippen molar-refractivity contribution in [2.75, 3.05) is 0 Å². The monoisotopic (exact) mass is 288 g/mol. The van der Waals surface area contributed by atoms with Crippen LogP contribution in [0.15, 0.2) is 33.5 Å². The Bertz CT molecular complexity index is 772. The van der Waals surface area contributed by atoms with Gasteiger partial charge in [0.25, 0.3) is 0 Å². The molecule has 1 aromatic heterocycles. The smallest absolute Gasteiger partial charge is 0.336 e. The van der Waals surface area contributed by atoms with Crippen molar-refractivity contribution in [2.24, 2.45) is 0 Å². The minimum absolute atomic E-state index is 0.264. The highest BCUT2D eigenvalue weighted by Gasteiger charge is 2.39. The average Bonchev–Trinajstić information content (AvgIpc) is 2.78. The van der Waals surface area contributed by atoms with E-state index >= 15 is 0 Å². The Kier molecular flexibility index (Phi) is 3.01. The first-order valence-electron chi connectivity index (χ1n) is 6.78. The van der Waals surface area contributed by atoms with Crippen LogP contribution in [0.25, 0.3) is 11.0 Å². The lowest BCUT2D eigenvalue weighted by molar-refractivity contribution is -0.161. The number of carbonyl (C=O) groups is 1. The number of benzene rings is 1. The second kappa shape index (κ2) is 4.62. The summed E-state index contributed by atoms with van der Waals surface area (Å²) >= 11 is 0. The Hall–Kier alpha value is -2.30. The van der Waals surface area contributed by atoms with E-state index in [1.807, 2.05) is 19.9 Å². The van der Waals surface area contributed by atoms with E-state index in [9.17, 15) is 9.59 Å². The van der Waals surface area contributed by atoms with Crippen LogP contribution in [0, 0.1) is 0 Å². The molecule has 1 aliphatic rings. The van der Waals surface area contributed by atoms with E-state index in [0.717, 1.165) is 10.9 Å². The molecule has 5 heteroatoms. The van der Waals surface area contributed by atoms with Crippen LogP contribution in [0.4, 0.5) is 0 Å². The zero-order chi connectivity index (χ0) is 15.2. The number of carbonyl (C=O) groups excluding carboxylic acids is 1. The van der Waals surface area contributed by atoms with Crippen LogP contribution in [0.2, 0.25) is 0 Å². The molecule has 5 nitrogen and oxygen atoms in total. The van der Waals surface area contributed by atoms with Crippen molar-refractivity contribution in [3.63, 3.8) is 0 Å². The van der Waals surface area contributed by atoms with Crippen LogP contribution in [0.5, 0.6) is 5.75 Å². The minimum Gasteiger partial charge on any atom is -0.485 e. The van der Waals surface area contributed by atoms with Crippen molar-refractivity contribution >= 4 is 16.9 Å². The van der Waals surface area contributed by atoms with Crippen LogP contribution in [0.1, 0.15) is 26.3 Å². The predicted molar refractivity (Wildman–Crippen MR) is 76.4 cm³/mol. The molecule has 1 unspecified atom stereocenters. The first-order chi connectivity index (χ1) is 9.85. The maximum Gasteiger partial charge on any atom is 0.336 e. The number of hydrogen-bond acceptors (Lipinski definition) is 5. The van der Waals surface area contributed by atoms with Gasteiger partial charge in [0, 0.05) is 30.9 Å². The maximum absolute atomic E-state index is 11.3. The lowest BCUT2D eigenvalue weighted by Gasteiger charge is -2.30. The second-order valence-corrected chi connectivity index (χ2v) is 5.76. The van der Waals surface area contributed by atoms with Gasteiger partial charge >= 0.3 is 11.6 Å². The third kappa shape index (κ3) is 2.51. The van der Waals surface area contributed by atoms with Crippen molar-refractivity contribution in [1.82, 2.24) is 0 Å². The van der Waals surface area contributed by atoms with Gasteiger partial charge in [0.2, 0.25) is 0 Å². The third-order valence-corrected chi connectivity index (χ3v) is 3.66. The highest BCUT2D eigenvalue weighted by molar-refractivity contribution is 5.79. The van der Waals surface area contributed by atoms with Gasteiger partial charge in [-0.05, 0) is 31.5 Å². The number of rotatable bonds is 2. The fourth-order valence-corrected chi connectivity index (χ4v) is 2.63. The number of esters is 1.